The van der Waals surface area contributed by atoms with E-state index in [4.69, 9.17) is 22.3 Å². The van der Waals surface area contributed by atoms with E-state index >= 15 is 0 Å². The average molecular weight is 409 g/mol. The molecular weight excluding hydrogens is 384 g/mol. The second-order valence-corrected chi connectivity index (χ2v) is 8.89. The van der Waals surface area contributed by atoms with Crippen LogP contribution in [-0.2, 0) is 10.3 Å². The summed E-state index contributed by atoms with van der Waals surface area (Å²) in [7, 11) is 0. The van der Waals surface area contributed by atoms with Gasteiger partial charge in [0.2, 0.25) is 0 Å². The van der Waals surface area contributed by atoms with Crippen molar-refractivity contribution in [2.24, 2.45) is 16.6 Å². The molecular formula is C23H25ClN4O. The van der Waals surface area contributed by atoms with Gasteiger partial charge < -0.3 is 5.73 Å². The maximum absolute atomic E-state index is 13.8. The quantitative estimate of drug-likeness (QED) is 0.809. The zero-order valence-electron chi connectivity index (χ0n) is 16.4. The van der Waals surface area contributed by atoms with Gasteiger partial charge in [-0.15, -0.1) is 0 Å². The Kier molecular flexibility index (Phi) is 4.58. The number of hydrogen-bond donors (Lipinski definition) is 1. The van der Waals surface area contributed by atoms with E-state index in [0.29, 0.717) is 11.0 Å². The Hall–Kier alpha value is -2.40. The fourth-order valence-electron chi connectivity index (χ4n) is 4.96. The molecule has 1 aromatic heterocycles. The minimum absolute atomic E-state index is 0.0609. The number of amides is 1. The van der Waals surface area contributed by atoms with Crippen LogP contribution in [0.15, 0.2) is 47.7 Å². The summed E-state index contributed by atoms with van der Waals surface area (Å²) < 4.78 is 0. The van der Waals surface area contributed by atoms with Crippen molar-refractivity contribution < 1.29 is 4.79 Å². The molecule has 1 atom stereocenters. The molecule has 1 unspecified atom stereocenters. The van der Waals surface area contributed by atoms with Crippen LogP contribution in [0.2, 0.25) is 5.02 Å². The Morgan fingerprint density at radius 2 is 1.83 bits per heavy atom. The lowest BCUT2D eigenvalue weighted by Gasteiger charge is -2.33. The van der Waals surface area contributed by atoms with E-state index in [2.05, 4.69) is 11.1 Å². The highest BCUT2D eigenvalue weighted by Crippen LogP contribution is 2.52. The van der Waals surface area contributed by atoms with Gasteiger partial charge in [0, 0.05) is 24.0 Å². The Labute approximate surface area is 176 Å². The summed E-state index contributed by atoms with van der Waals surface area (Å²) in [5.74, 6) is 0.671. The second kappa shape index (κ2) is 7.13. The van der Waals surface area contributed by atoms with Crippen molar-refractivity contribution in [3.8, 4) is 11.1 Å². The van der Waals surface area contributed by atoms with Crippen molar-refractivity contribution in [3.63, 3.8) is 0 Å². The number of halogens is 1. The molecule has 0 saturated heterocycles. The van der Waals surface area contributed by atoms with Crippen LogP contribution in [0.4, 0.5) is 0 Å². The smallest absolute Gasteiger partial charge is 0.262 e. The molecule has 1 amide bonds. The number of carbonyl (C=O) groups excluding carboxylic acids is 1. The Morgan fingerprint density at radius 1 is 1.03 bits per heavy atom. The summed E-state index contributed by atoms with van der Waals surface area (Å²) in [5, 5.41) is 0.590. The van der Waals surface area contributed by atoms with Crippen LogP contribution in [0.1, 0.15) is 50.5 Å². The maximum Gasteiger partial charge on any atom is 0.262 e. The van der Waals surface area contributed by atoms with E-state index < -0.39 is 5.54 Å². The zero-order valence-corrected chi connectivity index (χ0v) is 17.1. The first-order valence-corrected chi connectivity index (χ1v) is 10.9. The number of guanidine groups is 1. The first-order chi connectivity index (χ1) is 14.1. The number of nitrogens with zero attached hydrogens (tertiary/aromatic N) is 3. The number of benzene rings is 1. The average Bonchev–Trinajstić information content (AvgIpc) is 3.55. The summed E-state index contributed by atoms with van der Waals surface area (Å²) in [4.78, 5) is 24.7. The van der Waals surface area contributed by atoms with E-state index in [1.54, 1.807) is 12.4 Å². The van der Waals surface area contributed by atoms with Crippen LogP contribution in [0.3, 0.4) is 0 Å². The van der Waals surface area contributed by atoms with Gasteiger partial charge in [-0.05, 0) is 54.9 Å². The normalized spacial score (nSPS) is 25.3. The lowest BCUT2D eigenvalue weighted by Crippen LogP contribution is -2.49. The summed E-state index contributed by atoms with van der Waals surface area (Å²) in [6.07, 6.45) is 11.0. The summed E-state index contributed by atoms with van der Waals surface area (Å²) in [5.41, 5.74) is 8.32. The van der Waals surface area contributed by atoms with Gasteiger partial charge in [-0.2, -0.15) is 0 Å². The molecule has 3 aliphatic rings. The largest absolute Gasteiger partial charge is 0.369 e. The number of pyridine rings is 1. The maximum atomic E-state index is 13.8. The summed E-state index contributed by atoms with van der Waals surface area (Å²) >= 11 is 6.14. The number of hydrogen-bond acceptors (Lipinski definition) is 4. The third-order valence-corrected chi connectivity index (χ3v) is 6.74. The number of rotatable bonds is 4. The Balaban J connectivity index is 1.56. The van der Waals surface area contributed by atoms with Crippen molar-refractivity contribution in [2.45, 2.75) is 56.5 Å². The van der Waals surface area contributed by atoms with Crippen LogP contribution < -0.4 is 5.73 Å². The van der Waals surface area contributed by atoms with Crippen LogP contribution in [0.25, 0.3) is 11.1 Å². The highest BCUT2D eigenvalue weighted by atomic mass is 35.5. The molecule has 5 rings (SSSR count). The van der Waals surface area contributed by atoms with Gasteiger partial charge in [-0.3, -0.25) is 14.7 Å². The lowest BCUT2D eigenvalue weighted by atomic mass is 9.83. The molecule has 0 bridgehead atoms. The molecule has 0 spiro atoms. The molecule has 2 heterocycles. The lowest BCUT2D eigenvalue weighted by molar-refractivity contribution is -0.134. The molecule has 2 fully saturated rings. The zero-order chi connectivity index (χ0) is 20.0. The number of aromatic nitrogens is 1. The molecule has 0 radical (unpaired) electrons. The SMILES string of the molecule is NC1=NC(c2cccc(-c3cncc(Cl)c3)c2)(C2CC2)C(=O)N1C1CCCCC1. The Morgan fingerprint density at radius 3 is 2.55 bits per heavy atom. The molecule has 2 N–H and O–H groups in total. The second-order valence-electron chi connectivity index (χ2n) is 8.45. The van der Waals surface area contributed by atoms with Gasteiger partial charge in [0.25, 0.3) is 5.91 Å². The van der Waals surface area contributed by atoms with Crippen molar-refractivity contribution in [1.82, 2.24) is 9.88 Å². The van der Waals surface area contributed by atoms with Crippen LogP contribution >= 0.6 is 11.6 Å². The molecule has 6 heteroatoms. The van der Waals surface area contributed by atoms with Crippen LogP contribution in [-0.4, -0.2) is 27.8 Å². The molecule has 1 aliphatic heterocycles. The first-order valence-electron chi connectivity index (χ1n) is 10.5. The van der Waals surface area contributed by atoms with Gasteiger partial charge in [0.05, 0.1) is 5.02 Å². The minimum atomic E-state index is -0.885. The van der Waals surface area contributed by atoms with Gasteiger partial charge in [-0.1, -0.05) is 49.1 Å². The van der Waals surface area contributed by atoms with Crippen LogP contribution in [0.5, 0.6) is 0 Å². The van der Waals surface area contributed by atoms with Crippen molar-refractivity contribution >= 4 is 23.5 Å². The highest BCUT2D eigenvalue weighted by molar-refractivity contribution is 6.30. The topological polar surface area (TPSA) is 71.6 Å². The van der Waals surface area contributed by atoms with Crippen molar-refractivity contribution in [3.05, 3.63) is 53.3 Å². The third-order valence-electron chi connectivity index (χ3n) is 6.53. The van der Waals surface area contributed by atoms with E-state index in [9.17, 15) is 4.79 Å². The number of nitrogens with two attached hydrogens (primary N) is 1. The van der Waals surface area contributed by atoms with Gasteiger partial charge >= 0.3 is 0 Å². The number of aliphatic imine (C=N–C) groups is 1. The molecule has 2 aliphatic carbocycles. The van der Waals surface area contributed by atoms with Gasteiger partial charge in [0.15, 0.2) is 11.5 Å². The Bertz CT molecular complexity index is 980. The van der Waals surface area contributed by atoms with E-state index in [1.165, 1.54) is 6.42 Å². The first kappa shape index (κ1) is 18.6. The van der Waals surface area contributed by atoms with Crippen LogP contribution in [0, 0.1) is 5.92 Å². The van der Waals surface area contributed by atoms with Crippen molar-refractivity contribution in [1.29, 1.82) is 0 Å². The monoisotopic (exact) mass is 408 g/mol. The molecule has 5 nitrogen and oxygen atoms in total. The molecule has 150 valence electrons. The van der Waals surface area contributed by atoms with E-state index in [1.807, 2.05) is 29.2 Å². The fraction of sp³-hybridized carbons (Fsp3) is 0.435. The summed E-state index contributed by atoms with van der Waals surface area (Å²) in [6, 6.07) is 10.1. The molecule has 2 saturated carbocycles. The van der Waals surface area contributed by atoms with Gasteiger partial charge in [0.1, 0.15) is 0 Å². The summed E-state index contributed by atoms with van der Waals surface area (Å²) in [6.45, 7) is 0. The number of carbonyl (C=O) groups is 1. The minimum Gasteiger partial charge on any atom is -0.369 e. The predicted molar refractivity (Wildman–Crippen MR) is 114 cm³/mol. The molecule has 29 heavy (non-hydrogen) atoms. The van der Waals surface area contributed by atoms with E-state index in [0.717, 1.165) is 55.2 Å². The highest BCUT2D eigenvalue weighted by Gasteiger charge is 2.59. The van der Waals surface area contributed by atoms with Crippen molar-refractivity contribution in [2.75, 3.05) is 0 Å². The molecule has 1 aromatic carbocycles. The standard InChI is InChI=1S/C23H25ClN4O/c24-19-12-16(13-26-14-19)15-5-4-6-18(11-15)23(17-9-10-17)21(29)28(22(25)27-23)20-7-2-1-3-8-20/h4-6,11-14,17,20H,1-3,7-10H2,(H2,25,27). The molecule has 2 aromatic rings. The van der Waals surface area contributed by atoms with Gasteiger partial charge in [-0.25, -0.2) is 4.99 Å². The fourth-order valence-corrected chi connectivity index (χ4v) is 5.13. The predicted octanol–water partition coefficient (Wildman–Crippen LogP) is 4.50. The van der Waals surface area contributed by atoms with E-state index in [-0.39, 0.29) is 17.9 Å². The third kappa shape index (κ3) is 3.12.